The van der Waals surface area contributed by atoms with Gasteiger partial charge >= 0.3 is 0 Å². The molecule has 19 heavy (non-hydrogen) atoms. The number of hydrogen-bond donors (Lipinski definition) is 1. The topological polar surface area (TPSA) is 46.8 Å². The van der Waals surface area contributed by atoms with E-state index in [2.05, 4.69) is 4.98 Å². The lowest BCUT2D eigenvalue weighted by molar-refractivity contribution is 0.284. The first-order valence-corrected chi connectivity index (χ1v) is 6.15. The van der Waals surface area contributed by atoms with Gasteiger partial charge in [0.05, 0.1) is 11.9 Å². The second kappa shape index (κ2) is 4.82. The van der Waals surface area contributed by atoms with E-state index in [0.717, 1.165) is 11.3 Å². The summed E-state index contributed by atoms with van der Waals surface area (Å²) in [5.41, 5.74) is 1.59. The van der Waals surface area contributed by atoms with Crippen LogP contribution in [-0.2, 0) is 6.61 Å². The number of aromatic nitrogens is 2. The second-order valence-corrected chi connectivity index (χ2v) is 4.44. The minimum absolute atomic E-state index is 0.113. The first kappa shape index (κ1) is 11.9. The fraction of sp³-hybridized carbons (Fsp3) is 0.0714. The van der Waals surface area contributed by atoms with Crippen LogP contribution in [0.4, 0.5) is 0 Å². The van der Waals surface area contributed by atoms with Crippen molar-refractivity contribution in [2.24, 2.45) is 0 Å². The van der Waals surface area contributed by atoms with Gasteiger partial charge in [0.2, 0.25) is 0 Å². The normalized spacial score (nSPS) is 10.8. The molecule has 0 fully saturated rings. The molecular weight excluding hydrogens is 264 g/mol. The molecule has 5 heteroatoms. The van der Waals surface area contributed by atoms with Gasteiger partial charge < -0.3 is 9.84 Å². The van der Waals surface area contributed by atoms with Crippen LogP contribution in [-0.4, -0.2) is 14.5 Å². The predicted molar refractivity (Wildman–Crippen MR) is 72.6 cm³/mol. The lowest BCUT2D eigenvalue weighted by Crippen LogP contribution is -2.00. The highest BCUT2D eigenvalue weighted by molar-refractivity contribution is 6.29. The van der Waals surface area contributed by atoms with Gasteiger partial charge in [0.25, 0.3) is 0 Å². The van der Waals surface area contributed by atoms with Gasteiger partial charge in [-0.05, 0) is 24.3 Å². The zero-order chi connectivity index (χ0) is 13.2. The van der Waals surface area contributed by atoms with E-state index in [9.17, 15) is 5.11 Å². The molecule has 2 aromatic heterocycles. The molecule has 0 aliphatic heterocycles. The zero-order valence-electron chi connectivity index (χ0n) is 9.95. The van der Waals surface area contributed by atoms with Crippen molar-refractivity contribution in [3.8, 4) is 11.5 Å². The van der Waals surface area contributed by atoms with Crippen molar-refractivity contribution in [2.45, 2.75) is 6.61 Å². The number of phenolic OH excluding ortho intramolecular Hbond substituents is 1. The van der Waals surface area contributed by atoms with E-state index in [4.69, 9.17) is 16.3 Å². The van der Waals surface area contributed by atoms with Gasteiger partial charge in [-0.1, -0.05) is 29.8 Å². The van der Waals surface area contributed by atoms with Crippen molar-refractivity contribution in [1.82, 2.24) is 9.38 Å². The van der Waals surface area contributed by atoms with Crippen LogP contribution in [0, 0.1) is 0 Å². The molecule has 1 aromatic carbocycles. The van der Waals surface area contributed by atoms with Crippen molar-refractivity contribution >= 4 is 17.2 Å². The predicted octanol–water partition coefficient (Wildman–Crippen LogP) is 3.27. The smallest absolute Gasteiger partial charge is 0.161 e. The molecule has 0 radical (unpaired) electrons. The fourth-order valence-corrected chi connectivity index (χ4v) is 2.16. The van der Waals surface area contributed by atoms with Crippen molar-refractivity contribution in [3.63, 3.8) is 0 Å². The van der Waals surface area contributed by atoms with Crippen molar-refractivity contribution in [1.29, 1.82) is 0 Å². The zero-order valence-corrected chi connectivity index (χ0v) is 10.7. The summed E-state index contributed by atoms with van der Waals surface area (Å²) < 4.78 is 7.38. The Balaban J connectivity index is 1.89. The Morgan fingerprint density at radius 3 is 2.84 bits per heavy atom. The lowest BCUT2D eigenvalue weighted by atomic mass is 10.3. The molecule has 0 unspecified atom stereocenters. The Hall–Kier alpha value is -2.20. The van der Waals surface area contributed by atoms with E-state index in [-0.39, 0.29) is 12.4 Å². The first-order chi connectivity index (χ1) is 9.25. The Kier molecular flexibility index (Phi) is 3.01. The highest BCUT2D eigenvalue weighted by atomic mass is 35.5. The second-order valence-electron chi connectivity index (χ2n) is 4.05. The number of ether oxygens (including phenoxy) is 1. The van der Waals surface area contributed by atoms with Crippen molar-refractivity contribution < 1.29 is 9.84 Å². The van der Waals surface area contributed by atoms with Crippen LogP contribution < -0.4 is 4.74 Å². The number of aromatic hydroxyl groups is 1. The van der Waals surface area contributed by atoms with Gasteiger partial charge in [-0.15, -0.1) is 0 Å². The number of benzene rings is 1. The summed E-state index contributed by atoms with van der Waals surface area (Å²) in [4.78, 5) is 4.25. The minimum atomic E-state index is 0.113. The number of halogens is 1. The quantitative estimate of drug-likeness (QED) is 0.746. The van der Waals surface area contributed by atoms with Gasteiger partial charge in [-0.3, -0.25) is 4.40 Å². The third kappa shape index (κ3) is 2.22. The summed E-state index contributed by atoms with van der Waals surface area (Å²) >= 11 is 6.13. The highest BCUT2D eigenvalue weighted by Gasteiger charge is 2.08. The molecule has 0 bridgehead atoms. The van der Waals surface area contributed by atoms with Crippen LogP contribution >= 0.6 is 11.6 Å². The maximum Gasteiger partial charge on any atom is 0.161 e. The first-order valence-electron chi connectivity index (χ1n) is 5.77. The fourth-order valence-electron chi connectivity index (χ4n) is 1.89. The number of phenols is 1. The average Bonchev–Trinajstić information content (AvgIpc) is 2.83. The van der Waals surface area contributed by atoms with E-state index in [1.54, 1.807) is 36.5 Å². The Labute approximate surface area is 114 Å². The molecule has 0 aliphatic carbocycles. The molecule has 3 aromatic rings. The van der Waals surface area contributed by atoms with E-state index >= 15 is 0 Å². The average molecular weight is 275 g/mol. The highest BCUT2D eigenvalue weighted by Crippen LogP contribution is 2.25. The maximum atomic E-state index is 9.63. The van der Waals surface area contributed by atoms with Crippen LogP contribution in [0.3, 0.4) is 0 Å². The number of imidazole rings is 1. The molecule has 0 saturated carbocycles. The molecule has 0 saturated heterocycles. The summed E-state index contributed by atoms with van der Waals surface area (Å²) in [7, 11) is 0. The maximum absolute atomic E-state index is 9.63. The Morgan fingerprint density at radius 2 is 2.00 bits per heavy atom. The lowest BCUT2D eigenvalue weighted by Gasteiger charge is -2.08. The number of pyridine rings is 1. The summed E-state index contributed by atoms with van der Waals surface area (Å²) in [5, 5.41) is 10.2. The van der Waals surface area contributed by atoms with Gasteiger partial charge in [-0.25, -0.2) is 4.98 Å². The number of fused-ring (bicyclic) bond motifs is 1. The third-order valence-electron chi connectivity index (χ3n) is 2.80. The molecule has 4 nitrogen and oxygen atoms in total. The van der Waals surface area contributed by atoms with Crippen LogP contribution in [0.15, 0.2) is 48.7 Å². The molecule has 1 N–H and O–H groups in total. The van der Waals surface area contributed by atoms with Gasteiger partial charge in [0.1, 0.15) is 17.4 Å². The molecule has 3 rings (SSSR count). The molecular formula is C14H11ClN2O2. The molecule has 2 heterocycles. The SMILES string of the molecule is Oc1ccccc1OCc1cnc2cccc(Cl)n12. The third-order valence-corrected chi connectivity index (χ3v) is 3.09. The Bertz CT molecular complexity index is 724. The van der Waals surface area contributed by atoms with Crippen LogP contribution in [0.2, 0.25) is 5.15 Å². The number of hydrogen-bond acceptors (Lipinski definition) is 3. The van der Waals surface area contributed by atoms with Gasteiger partial charge in [0.15, 0.2) is 11.5 Å². The number of rotatable bonds is 3. The van der Waals surface area contributed by atoms with E-state index in [1.807, 2.05) is 16.5 Å². The molecule has 96 valence electrons. The minimum Gasteiger partial charge on any atom is -0.504 e. The monoisotopic (exact) mass is 274 g/mol. The molecule has 0 amide bonds. The summed E-state index contributed by atoms with van der Waals surface area (Å²) in [6.45, 7) is 0.280. The Morgan fingerprint density at radius 1 is 1.16 bits per heavy atom. The van der Waals surface area contributed by atoms with Crippen LogP contribution in [0.25, 0.3) is 5.65 Å². The largest absolute Gasteiger partial charge is 0.504 e. The summed E-state index contributed by atoms with van der Waals surface area (Å²) in [6, 6.07) is 12.3. The summed E-state index contributed by atoms with van der Waals surface area (Å²) in [6.07, 6.45) is 1.71. The van der Waals surface area contributed by atoms with E-state index in [0.29, 0.717) is 10.9 Å². The van der Waals surface area contributed by atoms with Crippen molar-refractivity contribution in [2.75, 3.05) is 0 Å². The number of para-hydroxylation sites is 2. The van der Waals surface area contributed by atoms with E-state index < -0.39 is 0 Å². The van der Waals surface area contributed by atoms with Gasteiger partial charge in [0, 0.05) is 0 Å². The number of nitrogens with zero attached hydrogens (tertiary/aromatic N) is 2. The molecule has 0 aliphatic rings. The van der Waals surface area contributed by atoms with E-state index in [1.165, 1.54) is 0 Å². The van der Waals surface area contributed by atoms with Crippen LogP contribution in [0.1, 0.15) is 5.69 Å². The molecule has 0 atom stereocenters. The standard InChI is InChI=1S/C14H11ClN2O2/c15-13-6-3-7-14-16-8-10(17(13)14)9-19-12-5-2-1-4-11(12)18/h1-8,18H,9H2. The van der Waals surface area contributed by atoms with Crippen molar-refractivity contribution in [3.05, 3.63) is 59.5 Å². The van der Waals surface area contributed by atoms with Crippen LogP contribution in [0.5, 0.6) is 11.5 Å². The summed E-state index contributed by atoms with van der Waals surface area (Å²) in [5.74, 6) is 0.548. The van der Waals surface area contributed by atoms with Gasteiger partial charge in [-0.2, -0.15) is 0 Å². The molecule has 0 spiro atoms.